The van der Waals surface area contributed by atoms with Gasteiger partial charge in [-0.3, -0.25) is 9.79 Å². The van der Waals surface area contributed by atoms with E-state index in [-0.39, 0.29) is 29.9 Å². The van der Waals surface area contributed by atoms with Crippen LogP contribution in [0.2, 0.25) is 0 Å². The van der Waals surface area contributed by atoms with Gasteiger partial charge in [0.15, 0.2) is 5.96 Å². The first-order valence-electron chi connectivity index (χ1n) is 9.79. The fraction of sp³-hybridized carbons (Fsp3) is 0.684. The van der Waals surface area contributed by atoms with Crippen molar-refractivity contribution in [3.05, 3.63) is 22.4 Å². The number of aliphatic imine (C=N–C) groups is 1. The number of nitrogens with zero attached hydrogens (tertiary/aromatic N) is 1. The number of thiophene rings is 1. The summed E-state index contributed by atoms with van der Waals surface area (Å²) in [7, 11) is 0. The quantitative estimate of drug-likeness (QED) is 0.169. The summed E-state index contributed by atoms with van der Waals surface area (Å²) in [5, 5.41) is 11.4. The van der Waals surface area contributed by atoms with Gasteiger partial charge in [-0.1, -0.05) is 6.07 Å². The lowest BCUT2D eigenvalue weighted by Gasteiger charge is -2.12. The van der Waals surface area contributed by atoms with Gasteiger partial charge in [-0.25, -0.2) is 0 Å². The molecule has 3 N–H and O–H groups in total. The number of nitrogens with one attached hydrogen (secondary N) is 3. The van der Waals surface area contributed by atoms with Crippen molar-refractivity contribution in [1.29, 1.82) is 0 Å². The highest BCUT2D eigenvalue weighted by Crippen LogP contribution is 2.12. The molecular weight excluding hydrogens is 491 g/mol. The maximum absolute atomic E-state index is 11.8. The largest absolute Gasteiger partial charge is 0.381 e. The molecule has 0 spiro atoms. The van der Waals surface area contributed by atoms with Crippen LogP contribution in [0, 0.1) is 5.92 Å². The lowest BCUT2D eigenvalue weighted by Crippen LogP contribution is -2.38. The number of guanidine groups is 1. The summed E-state index contributed by atoms with van der Waals surface area (Å²) in [6.45, 7) is 8.23. The van der Waals surface area contributed by atoms with Gasteiger partial charge in [0.2, 0.25) is 0 Å². The van der Waals surface area contributed by atoms with Crippen LogP contribution in [0.5, 0.6) is 0 Å². The Kier molecular flexibility index (Phi) is 14.3. The SMILES string of the molecule is CCNC(=NCCCNC(=O)c1cccs1)NCCCOCC1CCOC1.I. The number of hydrogen-bond acceptors (Lipinski definition) is 5. The summed E-state index contributed by atoms with van der Waals surface area (Å²) < 4.78 is 11.0. The Hall–Kier alpha value is -0.910. The van der Waals surface area contributed by atoms with E-state index in [9.17, 15) is 4.79 Å². The molecule has 2 rings (SSSR count). The highest BCUT2D eigenvalue weighted by Gasteiger charge is 2.15. The standard InChI is InChI=1S/C19H32N4O3S.HI/c1-2-20-19(23-10-5-11-25-14-16-7-12-26-15-16)22-9-4-8-21-18(24)17-6-3-13-27-17;/h3,6,13,16H,2,4-5,7-12,14-15H2,1H3,(H,21,24)(H2,20,22,23);1H. The molecule has 0 bridgehead atoms. The van der Waals surface area contributed by atoms with E-state index < -0.39 is 0 Å². The first-order valence-corrected chi connectivity index (χ1v) is 10.7. The van der Waals surface area contributed by atoms with E-state index in [1.807, 2.05) is 24.4 Å². The molecule has 0 aromatic carbocycles. The first-order chi connectivity index (χ1) is 13.3. The molecule has 1 fully saturated rings. The second-order valence-electron chi connectivity index (χ2n) is 6.43. The molecule has 1 amide bonds. The Balaban J connectivity index is 0.00000392. The number of halogens is 1. The number of rotatable bonds is 12. The highest BCUT2D eigenvalue weighted by atomic mass is 127. The monoisotopic (exact) mass is 524 g/mol. The lowest BCUT2D eigenvalue weighted by atomic mass is 10.1. The number of amides is 1. The molecule has 1 atom stereocenters. The van der Waals surface area contributed by atoms with Gasteiger partial charge >= 0.3 is 0 Å². The van der Waals surface area contributed by atoms with Crippen molar-refractivity contribution in [2.24, 2.45) is 10.9 Å². The van der Waals surface area contributed by atoms with Crippen LogP contribution in [-0.4, -0.2) is 64.5 Å². The minimum Gasteiger partial charge on any atom is -0.381 e. The van der Waals surface area contributed by atoms with Crippen molar-refractivity contribution in [2.75, 3.05) is 52.6 Å². The fourth-order valence-electron chi connectivity index (χ4n) is 2.65. The molecule has 1 aliphatic heterocycles. The predicted octanol–water partition coefficient (Wildman–Crippen LogP) is 2.48. The maximum atomic E-state index is 11.8. The van der Waals surface area contributed by atoms with Crippen LogP contribution < -0.4 is 16.0 Å². The molecule has 9 heteroatoms. The van der Waals surface area contributed by atoms with E-state index in [4.69, 9.17) is 9.47 Å². The maximum Gasteiger partial charge on any atom is 0.261 e. The van der Waals surface area contributed by atoms with Crippen LogP contribution >= 0.6 is 35.3 Å². The molecule has 1 aromatic rings. The fourth-order valence-corrected chi connectivity index (χ4v) is 3.29. The third kappa shape index (κ3) is 10.6. The molecule has 0 saturated carbocycles. The second-order valence-corrected chi connectivity index (χ2v) is 7.38. The zero-order chi connectivity index (χ0) is 19.2. The van der Waals surface area contributed by atoms with Crippen molar-refractivity contribution >= 4 is 47.2 Å². The van der Waals surface area contributed by atoms with Crippen molar-refractivity contribution in [2.45, 2.75) is 26.2 Å². The van der Waals surface area contributed by atoms with E-state index in [0.717, 1.165) is 69.6 Å². The van der Waals surface area contributed by atoms with Crippen molar-refractivity contribution in [1.82, 2.24) is 16.0 Å². The Morgan fingerprint density at radius 2 is 2.18 bits per heavy atom. The molecule has 7 nitrogen and oxygen atoms in total. The highest BCUT2D eigenvalue weighted by molar-refractivity contribution is 14.0. The Labute approximate surface area is 189 Å². The van der Waals surface area contributed by atoms with Crippen LogP contribution in [0.15, 0.2) is 22.5 Å². The minimum absolute atomic E-state index is 0. The number of ether oxygens (including phenoxy) is 2. The molecule has 1 aromatic heterocycles. The average molecular weight is 524 g/mol. The van der Waals surface area contributed by atoms with E-state index in [1.165, 1.54) is 11.3 Å². The van der Waals surface area contributed by atoms with E-state index in [1.54, 1.807) is 0 Å². The third-order valence-electron chi connectivity index (χ3n) is 4.11. The molecule has 0 aliphatic carbocycles. The van der Waals surface area contributed by atoms with Crippen LogP contribution in [0.1, 0.15) is 35.9 Å². The predicted molar refractivity (Wildman–Crippen MR) is 125 cm³/mol. The number of carbonyl (C=O) groups excluding carboxylic acids is 1. The molecule has 28 heavy (non-hydrogen) atoms. The number of carbonyl (C=O) groups is 1. The van der Waals surface area contributed by atoms with Crippen LogP contribution in [0.4, 0.5) is 0 Å². The lowest BCUT2D eigenvalue weighted by molar-refractivity contribution is 0.0888. The summed E-state index contributed by atoms with van der Waals surface area (Å²) in [4.78, 5) is 17.1. The summed E-state index contributed by atoms with van der Waals surface area (Å²) in [6.07, 6.45) is 2.86. The normalized spacial score (nSPS) is 16.5. The zero-order valence-electron chi connectivity index (χ0n) is 16.6. The van der Waals surface area contributed by atoms with Crippen LogP contribution in [0.3, 0.4) is 0 Å². The van der Waals surface area contributed by atoms with Crippen LogP contribution in [0.25, 0.3) is 0 Å². The van der Waals surface area contributed by atoms with Gasteiger partial charge in [0.1, 0.15) is 0 Å². The zero-order valence-corrected chi connectivity index (χ0v) is 19.7. The second kappa shape index (κ2) is 15.9. The van der Waals surface area contributed by atoms with Gasteiger partial charge in [0.25, 0.3) is 5.91 Å². The summed E-state index contributed by atoms with van der Waals surface area (Å²) in [5.41, 5.74) is 0. The van der Waals surface area contributed by atoms with Gasteiger partial charge in [0.05, 0.1) is 18.1 Å². The van der Waals surface area contributed by atoms with Gasteiger partial charge in [0, 0.05) is 45.3 Å². The van der Waals surface area contributed by atoms with Gasteiger partial charge in [-0.15, -0.1) is 35.3 Å². The molecule has 1 aliphatic rings. The van der Waals surface area contributed by atoms with Gasteiger partial charge < -0.3 is 25.4 Å². The Bertz CT molecular complexity index is 551. The van der Waals surface area contributed by atoms with Gasteiger partial charge in [-0.2, -0.15) is 0 Å². The van der Waals surface area contributed by atoms with Crippen molar-refractivity contribution < 1.29 is 14.3 Å². The molecule has 1 unspecified atom stereocenters. The average Bonchev–Trinajstić information content (AvgIpc) is 3.37. The van der Waals surface area contributed by atoms with Crippen molar-refractivity contribution in [3.8, 4) is 0 Å². The topological polar surface area (TPSA) is 84.0 Å². The minimum atomic E-state index is -0.0109. The third-order valence-corrected chi connectivity index (χ3v) is 4.98. The summed E-state index contributed by atoms with van der Waals surface area (Å²) >= 11 is 1.45. The van der Waals surface area contributed by atoms with Gasteiger partial charge in [-0.05, 0) is 37.6 Å². The Morgan fingerprint density at radius 1 is 1.32 bits per heavy atom. The van der Waals surface area contributed by atoms with E-state index in [0.29, 0.717) is 19.0 Å². The van der Waals surface area contributed by atoms with E-state index in [2.05, 4.69) is 20.9 Å². The van der Waals surface area contributed by atoms with E-state index >= 15 is 0 Å². The molecule has 0 radical (unpaired) electrons. The summed E-state index contributed by atoms with van der Waals surface area (Å²) in [5.74, 6) is 1.37. The first kappa shape index (κ1) is 25.1. The molecule has 2 heterocycles. The van der Waals surface area contributed by atoms with Crippen LogP contribution in [-0.2, 0) is 9.47 Å². The molecule has 160 valence electrons. The number of hydrogen-bond donors (Lipinski definition) is 3. The van der Waals surface area contributed by atoms with Crippen molar-refractivity contribution in [3.63, 3.8) is 0 Å². The molecule has 1 saturated heterocycles. The molecular formula is C19H33IN4O3S. The summed E-state index contributed by atoms with van der Waals surface area (Å²) in [6, 6.07) is 3.71. The Morgan fingerprint density at radius 3 is 2.89 bits per heavy atom. The smallest absolute Gasteiger partial charge is 0.261 e.